The second kappa shape index (κ2) is 42.9. The Kier molecular flexibility index (Phi) is 35.0. The number of nitrogens with one attached hydrogen (secondary N) is 8. The van der Waals surface area contributed by atoms with Gasteiger partial charge < -0.3 is 102 Å². The number of amides is 13. The van der Waals surface area contributed by atoms with Crippen molar-refractivity contribution in [2.24, 2.45) is 41.1 Å². The van der Waals surface area contributed by atoms with Crippen LogP contribution in [0.15, 0.2) is 84.9 Å². The number of anilines is 1. The van der Waals surface area contributed by atoms with Crippen molar-refractivity contribution in [3.05, 3.63) is 102 Å². The zero-order valence-electron chi connectivity index (χ0n) is 67.3. The molecule has 3 fully saturated rings. The molecule has 3 aromatic carbocycles. The molecule has 620 valence electrons. The van der Waals surface area contributed by atoms with E-state index in [2.05, 4.69) is 42.5 Å². The number of hydrogen-bond donors (Lipinski definition) is 11. The lowest BCUT2D eigenvalue weighted by Crippen LogP contribution is -2.60. The number of hydrogen-bond acceptors (Lipinski definition) is 20. The van der Waals surface area contributed by atoms with Crippen LogP contribution in [0.4, 0.5) is 20.1 Å². The second-order valence-corrected chi connectivity index (χ2v) is 30.5. The van der Waals surface area contributed by atoms with E-state index in [4.69, 9.17) is 44.6 Å². The SMILES string of the molecule is CC[C@H](C)[C@@H]([C@@H](CC(=O)N1CCC[C@H]1[C@H](OC)[C@@H](C)C(=O)N[C@H](C)[C@@H](O)c1ccccc1)OC)N(C)C(=O)[C@@H](NC(=O)[C@H](C(C)C)N(C)C(=O)OCc1ccc(NC(=O)[C@H](CCCNC(N)=O)NC(=O)[C@@H](NC(=O)[C@H](CCC(=O)NC2O[C@H](C(N)=O)[C@H]3OC(C)(C)O[C@@H]23)NC(=O)OCc2ccccc2)C(C)C)cc1)C(C)C. The van der Waals surface area contributed by atoms with Gasteiger partial charge in [-0.2, -0.15) is 0 Å². The van der Waals surface area contributed by atoms with Crippen molar-refractivity contribution in [1.82, 2.24) is 51.9 Å². The molecule has 13 N–H and O–H groups in total. The van der Waals surface area contributed by atoms with Crippen LogP contribution in [0.25, 0.3) is 0 Å². The third-order valence-electron chi connectivity index (χ3n) is 20.6. The monoisotopic (exact) mass is 1570 g/mol. The van der Waals surface area contributed by atoms with E-state index in [1.54, 1.807) is 136 Å². The standard InChI is InChI=1S/C79H119N13O20/c1-17-46(8)62(56(106-15)40-58(94)92-39-25-31-55(92)64(107-16)47(9)69(97)83-48(10)63(95)51-28-22-19-23-29-51)90(13)75(102)60(44(4)5)89-73(101)61(45(6)7)91(14)78(105)109-42-50-32-34-52(35-33-50)84-70(98)53(30-24-38-82-76(81)103)85-72(100)59(43(2)3)88-71(99)54(86-77(104)108-41-49-26-20-18-21-27-49)36-37-57(93)87-74-67-65(66(110-74)68(80)96)111-79(11,12)112-67/h18-23,26-29,32-35,43-48,53-56,59-67,74,95H,17,24-25,30-31,36-42H2,1-16H3,(H2,80,96)(H,83,97)(H,84,98)(H,85,100)(H,86,104)(H,87,93)(H,88,99)(H,89,101)(H3,81,82,103)/t46-,47+,48+,53-,54-,55-,56+,59-,60-,61-,62-,63+,64+,65+,66-,67+,74?/m0/s1. The molecule has 0 radical (unpaired) electrons. The average molecular weight is 1570 g/mol. The number of methoxy groups -OCH3 is 2. The van der Waals surface area contributed by atoms with Crippen LogP contribution < -0.4 is 54.0 Å². The molecule has 13 amide bonds. The first-order valence-corrected chi connectivity index (χ1v) is 38.4. The molecule has 0 aromatic heterocycles. The highest BCUT2D eigenvalue weighted by molar-refractivity contribution is 5.99. The van der Waals surface area contributed by atoms with Crippen molar-refractivity contribution in [1.29, 1.82) is 0 Å². The van der Waals surface area contributed by atoms with E-state index in [0.29, 0.717) is 42.5 Å². The van der Waals surface area contributed by atoms with Crippen LogP contribution in [-0.4, -0.2) is 223 Å². The van der Waals surface area contributed by atoms with Crippen molar-refractivity contribution in [3.8, 4) is 0 Å². The number of nitrogens with zero attached hydrogens (tertiary/aromatic N) is 3. The number of likely N-dealkylation sites (N-methyl/N-ethyl adjacent to an activating group) is 2. The quantitative estimate of drug-likeness (QED) is 0.0348. The van der Waals surface area contributed by atoms with Crippen LogP contribution in [0.3, 0.4) is 0 Å². The highest BCUT2D eigenvalue weighted by atomic mass is 16.8. The Morgan fingerprint density at radius 2 is 1.26 bits per heavy atom. The summed E-state index contributed by atoms with van der Waals surface area (Å²) in [4.78, 5) is 170. The molecule has 3 saturated heterocycles. The van der Waals surface area contributed by atoms with Crippen LogP contribution >= 0.6 is 0 Å². The summed E-state index contributed by atoms with van der Waals surface area (Å²) in [5.74, 6) is -9.20. The molecule has 1 unspecified atom stereocenters. The van der Waals surface area contributed by atoms with Gasteiger partial charge in [0.05, 0.1) is 48.8 Å². The zero-order chi connectivity index (χ0) is 83.0. The number of benzene rings is 3. The first-order valence-electron chi connectivity index (χ1n) is 38.4. The number of ether oxygens (including phenoxy) is 7. The molecule has 3 aliphatic heterocycles. The number of nitrogens with two attached hydrogens (primary N) is 2. The van der Waals surface area contributed by atoms with Gasteiger partial charge in [-0.25, -0.2) is 14.4 Å². The van der Waals surface area contributed by atoms with E-state index < -0.39 is 187 Å². The Balaban J connectivity index is 1.07. The molecule has 112 heavy (non-hydrogen) atoms. The second-order valence-electron chi connectivity index (χ2n) is 30.5. The zero-order valence-corrected chi connectivity index (χ0v) is 67.3. The highest BCUT2D eigenvalue weighted by Crippen LogP contribution is 2.38. The molecule has 3 aromatic rings. The van der Waals surface area contributed by atoms with Gasteiger partial charge in [0.15, 0.2) is 18.1 Å². The van der Waals surface area contributed by atoms with Crippen molar-refractivity contribution in [3.63, 3.8) is 0 Å². The predicted octanol–water partition coefficient (Wildman–Crippen LogP) is 4.51. The molecule has 0 aliphatic carbocycles. The van der Waals surface area contributed by atoms with E-state index in [0.717, 1.165) is 4.90 Å². The fourth-order valence-corrected chi connectivity index (χ4v) is 14.3. The van der Waals surface area contributed by atoms with Gasteiger partial charge in [-0.05, 0) is 105 Å². The summed E-state index contributed by atoms with van der Waals surface area (Å²) < 4.78 is 40.7. The average Bonchev–Trinajstić information content (AvgIpc) is 1.60. The van der Waals surface area contributed by atoms with Gasteiger partial charge in [0.1, 0.15) is 55.6 Å². The summed E-state index contributed by atoms with van der Waals surface area (Å²) in [6.07, 6.45) is -7.51. The van der Waals surface area contributed by atoms with Crippen LogP contribution in [0.5, 0.6) is 0 Å². The van der Waals surface area contributed by atoms with Gasteiger partial charge in [-0.1, -0.05) is 142 Å². The number of likely N-dealkylation sites (tertiary alicyclic amines) is 1. The maximum atomic E-state index is 14.9. The topological polar surface area (TPSA) is 448 Å². The number of aliphatic hydroxyl groups excluding tert-OH is 1. The van der Waals surface area contributed by atoms with Gasteiger partial charge in [0.25, 0.3) is 0 Å². The van der Waals surface area contributed by atoms with Gasteiger partial charge in [-0.15, -0.1) is 0 Å². The summed E-state index contributed by atoms with van der Waals surface area (Å²) in [6, 6.07) is 15.0. The van der Waals surface area contributed by atoms with Crippen LogP contribution in [0, 0.1) is 29.6 Å². The molecule has 33 nitrogen and oxygen atoms in total. The number of rotatable bonds is 41. The summed E-state index contributed by atoms with van der Waals surface area (Å²) in [7, 11) is 6.02. The molecular weight excluding hydrogens is 1450 g/mol. The lowest BCUT2D eigenvalue weighted by atomic mass is 9.89. The number of alkyl carbamates (subject to hydrolysis) is 1. The maximum absolute atomic E-state index is 14.9. The van der Waals surface area contributed by atoms with Crippen LogP contribution in [0.2, 0.25) is 0 Å². The Morgan fingerprint density at radius 3 is 1.85 bits per heavy atom. The minimum atomic E-state index is -1.49. The van der Waals surface area contributed by atoms with Gasteiger partial charge in [-0.3, -0.25) is 48.1 Å². The van der Waals surface area contributed by atoms with Crippen molar-refractivity contribution in [2.45, 2.75) is 245 Å². The number of primary amides is 2. The van der Waals surface area contributed by atoms with Crippen LogP contribution in [-0.2, 0) is 89.5 Å². The Hall–Kier alpha value is -9.54. The first kappa shape index (κ1) is 91.3. The van der Waals surface area contributed by atoms with Crippen molar-refractivity contribution in [2.75, 3.05) is 46.7 Å². The maximum Gasteiger partial charge on any atom is 0.410 e. The summed E-state index contributed by atoms with van der Waals surface area (Å²) >= 11 is 0. The van der Waals surface area contributed by atoms with E-state index in [9.17, 15) is 62.6 Å². The Morgan fingerprint density at radius 1 is 0.661 bits per heavy atom. The van der Waals surface area contributed by atoms with E-state index in [1.165, 1.54) is 38.3 Å². The predicted molar refractivity (Wildman–Crippen MR) is 412 cm³/mol. The fraction of sp³-hybridized carbons (Fsp3) is 0.620. The number of urea groups is 1. The number of aliphatic hydroxyl groups is 1. The van der Waals surface area contributed by atoms with Crippen molar-refractivity contribution < 1.29 is 95.8 Å². The lowest BCUT2D eigenvalue weighted by molar-refractivity contribution is -0.192. The number of fused-ring (bicyclic) bond motifs is 1. The molecular formula is C79H119N13O20. The molecule has 0 spiro atoms. The Labute approximate surface area is 656 Å². The van der Waals surface area contributed by atoms with E-state index >= 15 is 0 Å². The molecule has 17 atom stereocenters. The molecule has 0 saturated carbocycles. The minimum Gasteiger partial charge on any atom is -0.445 e. The third-order valence-corrected chi connectivity index (χ3v) is 20.6. The van der Waals surface area contributed by atoms with E-state index in [1.807, 2.05) is 32.0 Å². The summed E-state index contributed by atoms with van der Waals surface area (Å²) in [6.45, 7) is 20.9. The normalized spacial score (nSPS) is 20.3. The van der Waals surface area contributed by atoms with Crippen molar-refractivity contribution >= 4 is 77.1 Å². The van der Waals surface area contributed by atoms with Crippen LogP contribution in [0.1, 0.15) is 157 Å². The van der Waals surface area contributed by atoms with E-state index in [-0.39, 0.29) is 68.9 Å². The lowest BCUT2D eigenvalue weighted by Gasteiger charge is -2.41. The fourth-order valence-electron chi connectivity index (χ4n) is 14.3. The van der Waals surface area contributed by atoms with Gasteiger partial charge in [0.2, 0.25) is 53.2 Å². The molecule has 0 bridgehead atoms. The largest absolute Gasteiger partial charge is 0.445 e. The molecule has 6 rings (SSSR count). The first-order chi connectivity index (χ1) is 52.9. The number of carbonyl (C=O) groups is 12. The summed E-state index contributed by atoms with van der Waals surface area (Å²) in [5, 5.41) is 32.6. The molecule has 33 heteroatoms. The Bertz CT molecular complexity index is 3650. The summed E-state index contributed by atoms with van der Waals surface area (Å²) in [5.41, 5.74) is 12.9. The van der Waals surface area contributed by atoms with Gasteiger partial charge >= 0.3 is 18.2 Å². The highest BCUT2D eigenvalue weighted by Gasteiger charge is 2.58. The third kappa shape index (κ3) is 25.7. The minimum absolute atomic E-state index is 0.0235. The molecule has 3 aliphatic rings. The van der Waals surface area contributed by atoms with Gasteiger partial charge in [0, 0.05) is 53.5 Å². The number of carbonyl (C=O) groups excluding carboxylic acids is 12. The smallest absolute Gasteiger partial charge is 0.410 e. The molecule has 3 heterocycles.